The van der Waals surface area contributed by atoms with Gasteiger partial charge in [0.05, 0.1) is 0 Å². The Balaban J connectivity index is 2.37. The molecule has 0 aromatic heterocycles. The van der Waals surface area contributed by atoms with Crippen molar-refractivity contribution < 1.29 is 5.11 Å². The van der Waals surface area contributed by atoms with Crippen LogP contribution in [0.3, 0.4) is 0 Å². The predicted octanol–water partition coefficient (Wildman–Crippen LogP) is 1.95. The van der Waals surface area contributed by atoms with Gasteiger partial charge in [0.1, 0.15) is 6.10 Å². The van der Waals surface area contributed by atoms with Crippen LogP contribution in [0, 0.1) is 18.3 Å². The van der Waals surface area contributed by atoms with Gasteiger partial charge in [0, 0.05) is 0 Å². The van der Waals surface area contributed by atoms with Crippen molar-refractivity contribution in [3.05, 3.63) is 0 Å². The van der Waals surface area contributed by atoms with Gasteiger partial charge in [-0.3, -0.25) is 0 Å². The van der Waals surface area contributed by atoms with Crippen LogP contribution in [-0.4, -0.2) is 11.2 Å². The molecule has 62 valence electrons. The average Bonchev–Trinajstić information content (AvgIpc) is 2.30. The zero-order chi connectivity index (χ0) is 8.10. The molecule has 0 radical (unpaired) electrons. The third-order valence-corrected chi connectivity index (χ3v) is 2.52. The summed E-state index contributed by atoms with van der Waals surface area (Å²) < 4.78 is 0. The summed E-state index contributed by atoms with van der Waals surface area (Å²) in [4.78, 5) is 0. The van der Waals surface area contributed by atoms with Gasteiger partial charge in [-0.25, -0.2) is 0 Å². The quantitative estimate of drug-likeness (QED) is 0.450. The zero-order valence-corrected chi connectivity index (χ0v) is 6.92. The molecule has 1 atom stereocenters. The lowest BCUT2D eigenvalue weighted by molar-refractivity contribution is 0.150. The smallest absolute Gasteiger partial charge is 0.117 e. The van der Waals surface area contributed by atoms with Crippen LogP contribution in [0.15, 0.2) is 0 Å². The van der Waals surface area contributed by atoms with E-state index in [2.05, 4.69) is 5.92 Å². The highest BCUT2D eigenvalue weighted by Crippen LogP contribution is 2.25. The van der Waals surface area contributed by atoms with Gasteiger partial charge in [-0.2, -0.15) is 0 Å². The second-order valence-corrected chi connectivity index (χ2v) is 3.36. The first-order chi connectivity index (χ1) is 5.34. The van der Waals surface area contributed by atoms with Gasteiger partial charge in [0.2, 0.25) is 0 Å². The summed E-state index contributed by atoms with van der Waals surface area (Å²) in [7, 11) is 0. The largest absolute Gasteiger partial charge is 0.380 e. The fourth-order valence-electron chi connectivity index (χ4n) is 1.76. The minimum Gasteiger partial charge on any atom is -0.380 e. The van der Waals surface area contributed by atoms with E-state index in [1.165, 1.54) is 25.7 Å². The van der Waals surface area contributed by atoms with Crippen LogP contribution >= 0.6 is 0 Å². The second kappa shape index (κ2) is 4.41. The van der Waals surface area contributed by atoms with Crippen LogP contribution in [0.4, 0.5) is 0 Å². The number of aliphatic hydroxyl groups is 1. The molecule has 0 spiro atoms. The summed E-state index contributed by atoms with van der Waals surface area (Å²) in [5.74, 6) is 2.80. The molecule has 0 saturated heterocycles. The van der Waals surface area contributed by atoms with Gasteiger partial charge in [0.15, 0.2) is 0 Å². The Kier molecular flexibility index (Phi) is 3.45. The molecule has 0 bridgehead atoms. The van der Waals surface area contributed by atoms with Crippen LogP contribution in [0.2, 0.25) is 0 Å². The number of hydrogen-bond acceptors (Lipinski definition) is 1. The Labute approximate surface area is 68.8 Å². The van der Waals surface area contributed by atoms with E-state index in [0.717, 1.165) is 12.8 Å². The van der Waals surface area contributed by atoms with Crippen LogP contribution < -0.4 is 0 Å². The molecule has 0 aromatic carbocycles. The number of rotatable bonds is 1. The molecule has 0 heterocycles. The normalized spacial score (nSPS) is 23.6. The lowest BCUT2D eigenvalue weighted by Crippen LogP contribution is -2.17. The van der Waals surface area contributed by atoms with Crippen LogP contribution in [0.1, 0.15) is 38.5 Å². The van der Waals surface area contributed by atoms with E-state index in [1.54, 1.807) is 0 Å². The van der Waals surface area contributed by atoms with Crippen molar-refractivity contribution in [1.82, 2.24) is 0 Å². The number of terminal acetylenes is 1. The molecule has 1 aliphatic rings. The Hall–Kier alpha value is -0.480. The fraction of sp³-hybridized carbons (Fsp3) is 0.800. The fourth-order valence-corrected chi connectivity index (χ4v) is 1.76. The van der Waals surface area contributed by atoms with Gasteiger partial charge in [-0.15, -0.1) is 6.42 Å². The molecule has 0 aliphatic heterocycles. The van der Waals surface area contributed by atoms with Gasteiger partial charge < -0.3 is 5.11 Å². The molecule has 1 rings (SSSR count). The van der Waals surface area contributed by atoms with Gasteiger partial charge in [0.25, 0.3) is 0 Å². The van der Waals surface area contributed by atoms with E-state index in [-0.39, 0.29) is 0 Å². The van der Waals surface area contributed by atoms with E-state index in [9.17, 15) is 5.11 Å². The van der Waals surface area contributed by atoms with Crippen molar-refractivity contribution in [3.63, 3.8) is 0 Å². The summed E-state index contributed by atoms with van der Waals surface area (Å²) in [5, 5.41) is 9.37. The van der Waals surface area contributed by atoms with E-state index >= 15 is 0 Å². The van der Waals surface area contributed by atoms with Gasteiger partial charge in [-0.1, -0.05) is 31.6 Å². The molecule has 1 heteroatoms. The van der Waals surface area contributed by atoms with Gasteiger partial charge >= 0.3 is 0 Å². The van der Waals surface area contributed by atoms with E-state index < -0.39 is 6.10 Å². The average molecular weight is 152 g/mol. The van der Waals surface area contributed by atoms with E-state index in [1.807, 2.05) is 0 Å². The predicted molar refractivity (Wildman–Crippen MR) is 46.0 cm³/mol. The molecule has 0 aromatic rings. The standard InChI is InChI=1S/C10H16O/c1-2-10(11)9-7-5-3-4-6-8-9/h1,9-11H,3-8H2/t10-/m0/s1. The highest BCUT2D eigenvalue weighted by Gasteiger charge is 2.18. The molecule has 0 unspecified atom stereocenters. The molecule has 1 fully saturated rings. The molecule has 1 aliphatic carbocycles. The monoisotopic (exact) mass is 152 g/mol. The maximum absolute atomic E-state index is 9.37. The summed E-state index contributed by atoms with van der Waals surface area (Å²) in [5.41, 5.74) is 0. The van der Waals surface area contributed by atoms with Gasteiger partial charge in [-0.05, 0) is 18.8 Å². The van der Waals surface area contributed by atoms with Crippen molar-refractivity contribution in [1.29, 1.82) is 0 Å². The van der Waals surface area contributed by atoms with Crippen molar-refractivity contribution >= 4 is 0 Å². The SMILES string of the molecule is C#C[C@H](O)C1CCCCCC1. The van der Waals surface area contributed by atoms with Crippen LogP contribution in [0.5, 0.6) is 0 Å². The Bertz CT molecular complexity index is 137. The summed E-state index contributed by atoms with van der Waals surface area (Å²) in [6, 6.07) is 0. The Morgan fingerprint density at radius 2 is 1.73 bits per heavy atom. The molecular formula is C10H16O. The first-order valence-corrected chi connectivity index (χ1v) is 4.49. The van der Waals surface area contributed by atoms with Crippen molar-refractivity contribution in [3.8, 4) is 12.3 Å². The zero-order valence-electron chi connectivity index (χ0n) is 6.92. The minimum atomic E-state index is -0.493. The molecule has 11 heavy (non-hydrogen) atoms. The maximum Gasteiger partial charge on any atom is 0.117 e. The minimum absolute atomic E-state index is 0.377. The maximum atomic E-state index is 9.37. The van der Waals surface area contributed by atoms with E-state index in [4.69, 9.17) is 6.42 Å². The Morgan fingerprint density at radius 1 is 1.18 bits per heavy atom. The highest BCUT2D eigenvalue weighted by molar-refractivity contribution is 4.97. The molecule has 1 nitrogen and oxygen atoms in total. The molecule has 0 amide bonds. The molecular weight excluding hydrogens is 136 g/mol. The highest BCUT2D eigenvalue weighted by atomic mass is 16.3. The van der Waals surface area contributed by atoms with Crippen molar-refractivity contribution in [2.75, 3.05) is 0 Å². The first kappa shape index (κ1) is 8.62. The van der Waals surface area contributed by atoms with E-state index in [0.29, 0.717) is 5.92 Å². The lowest BCUT2D eigenvalue weighted by atomic mass is 9.95. The topological polar surface area (TPSA) is 20.2 Å². The third kappa shape index (κ3) is 2.55. The van der Waals surface area contributed by atoms with Crippen LogP contribution in [-0.2, 0) is 0 Å². The number of aliphatic hydroxyl groups excluding tert-OH is 1. The summed E-state index contributed by atoms with van der Waals surface area (Å²) >= 11 is 0. The lowest BCUT2D eigenvalue weighted by Gasteiger charge is -2.15. The third-order valence-electron chi connectivity index (χ3n) is 2.52. The van der Waals surface area contributed by atoms with Crippen LogP contribution in [0.25, 0.3) is 0 Å². The summed E-state index contributed by atoms with van der Waals surface area (Å²) in [6.07, 6.45) is 12.0. The van der Waals surface area contributed by atoms with Crippen molar-refractivity contribution in [2.24, 2.45) is 5.92 Å². The first-order valence-electron chi connectivity index (χ1n) is 4.49. The number of hydrogen-bond donors (Lipinski definition) is 1. The van der Waals surface area contributed by atoms with Crippen molar-refractivity contribution in [2.45, 2.75) is 44.6 Å². The molecule has 1 saturated carbocycles. The Morgan fingerprint density at radius 3 is 2.18 bits per heavy atom. The molecule has 1 N–H and O–H groups in total. The second-order valence-electron chi connectivity index (χ2n) is 3.36. The summed E-state index contributed by atoms with van der Waals surface area (Å²) in [6.45, 7) is 0.